The van der Waals surface area contributed by atoms with Crippen molar-refractivity contribution in [3.05, 3.63) is 21.9 Å². The fraction of sp³-hybridized carbons (Fsp3) is 0.400. The third-order valence-corrected chi connectivity index (χ3v) is 1.68. The molecule has 0 aromatic carbocycles. The number of rotatable bonds is 2. The van der Waals surface area contributed by atoms with Crippen LogP contribution in [0.3, 0.4) is 0 Å². The maximum Gasteiger partial charge on any atom is 2.00 e. The Kier molecular flexibility index (Phi) is 203. The van der Waals surface area contributed by atoms with Crippen LogP contribution in [0.1, 0.15) is 29.7 Å². The second-order valence-electron chi connectivity index (χ2n) is 2.61. The molecule has 0 amide bonds. The summed E-state index contributed by atoms with van der Waals surface area (Å²) in [4.78, 5) is 59.6. The summed E-state index contributed by atoms with van der Waals surface area (Å²) in [5, 5.41) is 0. The minimum Gasteiger partial charge on any atom is -0.783 e. The molecule has 20 heteroatoms. The third-order valence-electron chi connectivity index (χ3n) is 1.68. The van der Waals surface area contributed by atoms with Gasteiger partial charge in [0.1, 0.15) is 0 Å². The zero-order chi connectivity index (χ0) is 17.1. The Bertz CT molecular complexity index is 402. The normalized spacial score (nSPS) is 9.49. The standard InChI is InChI=1S/C5O6.C2O3.CH6N2.CH4N.4CH4.2CH3.W.7Y/c6-1-5(2(7)10-1)3(8)11-4(5)9;3-1-5-2-4;2-1-3;1-2;;;;;;;;;;;;;;/h;;1-3H2;1-2H2;4*1H4;2*1H3;;;;;;;;/q;-2;;-1;;;;;2*-1;+2;;;;;;;. The van der Waals surface area contributed by atoms with Crippen molar-refractivity contribution in [3.8, 4) is 0 Å². The number of nitrogens with two attached hydrogens (primary N) is 3. The molecule has 7 radical (unpaired) electrons. The molecule has 0 atom stereocenters. The molecule has 6 N–H and O–H groups in total. The number of ether oxygens (including phenoxy) is 3. The van der Waals surface area contributed by atoms with Crippen LogP contribution in [0.15, 0.2) is 0 Å². The van der Waals surface area contributed by atoms with Crippen LogP contribution in [0, 0.1) is 27.3 Å². The molecule has 0 aromatic heterocycles. The molecule has 2 heterocycles. The number of esters is 4. The molecule has 0 unspecified atom stereocenters. The van der Waals surface area contributed by atoms with Crippen LogP contribution in [0.5, 0.6) is 0 Å². The van der Waals surface area contributed by atoms with Gasteiger partial charge in [-0.1, -0.05) is 29.7 Å². The largest absolute Gasteiger partial charge is 2.00 e. The number of cyclic esters (lactones) is 4. The van der Waals surface area contributed by atoms with E-state index in [4.69, 9.17) is 9.59 Å². The van der Waals surface area contributed by atoms with Crippen molar-refractivity contribution in [2.24, 2.45) is 22.6 Å². The zero-order valence-electron chi connectivity index (χ0n) is 16.8. The molecule has 0 aromatic rings. The quantitative estimate of drug-likeness (QED) is 0.103. The summed E-state index contributed by atoms with van der Waals surface area (Å²) in [6, 6.07) is 0. The van der Waals surface area contributed by atoms with E-state index in [1.807, 2.05) is 0 Å². The third kappa shape index (κ3) is 35.8. The van der Waals surface area contributed by atoms with Crippen molar-refractivity contribution in [2.75, 3.05) is 6.67 Å². The molecule has 2 aliphatic heterocycles. The fourth-order valence-electron chi connectivity index (χ4n) is 0.899. The van der Waals surface area contributed by atoms with Crippen molar-refractivity contribution < 1.29 is 293 Å². The van der Waals surface area contributed by atoms with Gasteiger partial charge in [-0.2, -0.15) is 0 Å². The van der Waals surface area contributed by atoms with Gasteiger partial charge in [0.05, 0.1) is 0 Å². The van der Waals surface area contributed by atoms with Crippen molar-refractivity contribution in [1.29, 1.82) is 0 Å². The molecule has 2 aliphatic rings. The smallest absolute Gasteiger partial charge is 0.783 e. The van der Waals surface area contributed by atoms with Gasteiger partial charge in [-0.3, -0.25) is 7.05 Å². The average molecular weight is 1200 g/mol. The first-order chi connectivity index (χ1) is 9.93. The van der Waals surface area contributed by atoms with Crippen LogP contribution >= 0.6 is 0 Å². The van der Waals surface area contributed by atoms with E-state index >= 15 is 0 Å². The molecule has 0 aliphatic carbocycles. The number of carbonyl (C=O) groups is 4. The van der Waals surface area contributed by atoms with E-state index < -0.39 is 29.3 Å². The van der Waals surface area contributed by atoms with Gasteiger partial charge in [-0.25, -0.2) is 19.2 Å². The topological polar surface area (TPSA) is 208 Å². The van der Waals surface area contributed by atoms with Crippen molar-refractivity contribution >= 4 is 36.8 Å². The molecular formula is C15H32N3O9WY7-3. The predicted molar refractivity (Wildman–Crippen MR) is 99.6 cm³/mol. The van der Waals surface area contributed by atoms with E-state index in [-0.39, 0.29) is 301 Å². The number of hydrogen-bond acceptors (Lipinski definition) is 12. The van der Waals surface area contributed by atoms with Crippen LogP contribution in [0.2, 0.25) is 0 Å². The van der Waals surface area contributed by atoms with Crippen LogP contribution in [-0.4, -0.2) is 43.5 Å². The monoisotopic (exact) mass is 1200 g/mol. The van der Waals surface area contributed by atoms with Crippen molar-refractivity contribution in [3.63, 3.8) is 0 Å². The summed E-state index contributed by atoms with van der Waals surface area (Å²) in [6.07, 6.45) is 0. The molecule has 2 fully saturated rings. The second-order valence-corrected chi connectivity index (χ2v) is 2.61. The summed E-state index contributed by atoms with van der Waals surface area (Å²) in [7, 11) is 2.75. The summed E-state index contributed by atoms with van der Waals surface area (Å²) >= 11 is 0. The van der Waals surface area contributed by atoms with Crippen LogP contribution in [0.25, 0.3) is 0 Å². The Balaban J connectivity index is -0.00000000985. The first kappa shape index (κ1) is 105. The van der Waals surface area contributed by atoms with Gasteiger partial charge in [-0.15, -0.1) is 12.9 Å². The SMILES string of the molecule is C.C.C.C.NCN.O=C1OC(=O)C12C(=O)OC2=O.O=[C-]O[C-]=O.[CH2-]N.[CH3-].[CH3-].[W+2].[Y].[Y].[Y].[Y].[Y].[Y].[Y]. The van der Waals surface area contributed by atoms with E-state index in [0.29, 0.717) is 0 Å². The summed E-state index contributed by atoms with van der Waals surface area (Å²) in [5.74, 6) is -4.54. The maximum atomic E-state index is 10.5. The molecular weight excluding hydrogens is 1170 g/mol. The summed E-state index contributed by atoms with van der Waals surface area (Å²) in [6.45, 7) is 1.94. The number of carbonyl (C=O) groups excluding carboxylic acids is 6. The average Bonchev–Trinajstić information content (AvgIpc) is 2.43. The van der Waals surface area contributed by atoms with Crippen LogP contribution < -0.4 is 17.2 Å². The minimum absolute atomic E-state index is 0. The summed E-state index contributed by atoms with van der Waals surface area (Å²) in [5.41, 5.74) is 11.3. The zero-order valence-corrected chi connectivity index (χ0v) is 39.6. The van der Waals surface area contributed by atoms with Gasteiger partial charge in [-0.05, 0) is 0 Å². The van der Waals surface area contributed by atoms with Gasteiger partial charge in [0.15, 0.2) is 0 Å². The van der Waals surface area contributed by atoms with Crippen LogP contribution in [-0.2, 0) is 293 Å². The maximum absolute atomic E-state index is 10.5. The van der Waals surface area contributed by atoms with E-state index in [9.17, 15) is 19.2 Å². The van der Waals surface area contributed by atoms with E-state index in [0.717, 1.165) is 12.9 Å². The molecule has 12 nitrogen and oxygen atoms in total. The van der Waals surface area contributed by atoms with Crippen molar-refractivity contribution in [2.45, 2.75) is 29.7 Å². The van der Waals surface area contributed by atoms with E-state index in [2.05, 4.69) is 38.5 Å². The first-order valence-electron chi connectivity index (χ1n) is 4.67. The first-order valence-corrected chi connectivity index (χ1v) is 4.67. The Morgan fingerprint density at radius 1 is 0.657 bits per heavy atom. The van der Waals surface area contributed by atoms with Gasteiger partial charge in [0.2, 0.25) is 0 Å². The molecule has 0 bridgehead atoms. The van der Waals surface area contributed by atoms with Gasteiger partial charge < -0.3 is 55.9 Å². The second kappa shape index (κ2) is 67.4. The Morgan fingerprint density at radius 3 is 0.829 bits per heavy atom. The van der Waals surface area contributed by atoms with E-state index in [1.54, 1.807) is 0 Å². The van der Waals surface area contributed by atoms with Gasteiger partial charge in [0, 0.05) is 236 Å². The Labute approximate surface area is 401 Å². The predicted octanol–water partition coefficient (Wildman–Crippen LogP) is -0.700. The summed E-state index contributed by atoms with van der Waals surface area (Å²) < 4.78 is 10.9. The van der Waals surface area contributed by atoms with Crippen molar-refractivity contribution in [1.82, 2.24) is 0 Å². The molecule has 1 spiro atoms. The fourth-order valence-corrected chi connectivity index (χ4v) is 0.899. The van der Waals surface area contributed by atoms with E-state index in [1.165, 1.54) is 0 Å². The molecule has 2 saturated heterocycles. The van der Waals surface area contributed by atoms with Gasteiger partial charge in [0.25, 0.3) is 0 Å². The molecule has 191 valence electrons. The molecule has 35 heavy (non-hydrogen) atoms. The van der Waals surface area contributed by atoms with Gasteiger partial charge >= 0.3 is 50.4 Å². The Hall–Kier alpha value is 5.72. The van der Waals surface area contributed by atoms with Crippen LogP contribution in [0.4, 0.5) is 0 Å². The molecule has 2 rings (SSSR count). The minimum atomic E-state index is -2.22. The Morgan fingerprint density at radius 2 is 0.800 bits per heavy atom. The number of hydrogen-bond donors (Lipinski definition) is 3. The molecule has 0 saturated carbocycles.